The van der Waals surface area contributed by atoms with Crippen LogP contribution in [0.3, 0.4) is 0 Å². The van der Waals surface area contributed by atoms with Gasteiger partial charge in [0.15, 0.2) is 11.2 Å². The standard InChI is InChI=1S/C96H118N20O14/c1-57-13-9-8-10-14-58(2)81(126-7)46-73-23-16-59(3)85(127-73)84(120)90(123)115-30-12-11-15-76(115)91(124)128-72(45-77(117)61(5)42-62(6)79(119)47-78(118)60(4)41-57)26-20-63-18-24-71(25-19-63)129-96(125)114-32-29-74-70(55-114)52-103-95(107-74)112-39-37-111(38-40-112)94-99-48-68(49-100-94)88(121)109-33-35-110(36-34-109)93-101-50-69(51-102-93)89(122)113-31-28-65-43-64(17-21-67(65)54-113)53-116-87-82(86(97)104-56-105-87)83(108-116)66-22-27-80-75(44-66)106-92(98)130-80/h8-10,13-14,17,21-22,27,42-44,48-52,56-57,59-61,63,71-73,76,79,81,85,119H,11-12,15-16,18-20,23-26,28-41,45-47,53-55H2,1-7H3,(H2,98,106)(H2,97,104,105)/b10-8+,13-9+,58-14+,62-42+/t57-,59-,60-,61-,63-,71-,72-,73?,76+,79+,81+,85?/m1/s1. The van der Waals surface area contributed by atoms with E-state index in [1.54, 1.807) is 73.9 Å². The van der Waals surface area contributed by atoms with Gasteiger partial charge in [-0.3, -0.25) is 28.8 Å². The number of rotatable bonds is 13. The monoisotopic (exact) mass is 1770 g/mol. The summed E-state index contributed by atoms with van der Waals surface area (Å²) in [5.74, 6) is -1.85. The second-order valence-corrected chi connectivity index (χ2v) is 36.5. The molecular formula is C96H118N20O14. The van der Waals surface area contributed by atoms with Crippen LogP contribution in [0.1, 0.15) is 187 Å². The van der Waals surface area contributed by atoms with Gasteiger partial charge < -0.3 is 74.2 Å². The molecule has 4 saturated heterocycles. The minimum absolute atomic E-state index is 0.0765. The number of nitrogens with two attached hydrogens (primary N) is 2. The van der Waals surface area contributed by atoms with Crippen LogP contribution >= 0.6 is 0 Å². The molecule has 16 rings (SSSR count). The molecule has 2 unspecified atom stereocenters. The molecule has 8 aliphatic rings. The van der Waals surface area contributed by atoms with Crippen LogP contribution in [0.4, 0.5) is 34.5 Å². The number of hydrogen-bond acceptors (Lipinski definition) is 29. The highest BCUT2D eigenvalue weighted by atomic mass is 16.6. The van der Waals surface area contributed by atoms with Crippen molar-refractivity contribution in [2.45, 2.75) is 213 Å². The number of oxazole rings is 1. The molecule has 0 spiro atoms. The first-order valence-electron chi connectivity index (χ1n) is 46.0. The molecule has 0 radical (unpaired) electrons. The Morgan fingerprint density at radius 3 is 2.05 bits per heavy atom. The number of methoxy groups -OCH3 is 1. The van der Waals surface area contributed by atoms with Crippen LogP contribution < -0.4 is 26.2 Å². The number of Topliss-reactive ketones (excluding diaryl/α,β-unsaturated/α-hetero) is 3. The van der Waals surface area contributed by atoms with Gasteiger partial charge >= 0.3 is 12.1 Å². The number of piperazine rings is 2. The number of esters is 1. The number of aliphatic hydroxyl groups excluding tert-OH is 1. The van der Waals surface area contributed by atoms with Gasteiger partial charge in [-0.2, -0.15) is 10.1 Å². The van der Waals surface area contributed by atoms with E-state index in [0.29, 0.717) is 230 Å². The maximum Gasteiger partial charge on any atom is 0.410 e. The highest BCUT2D eigenvalue weighted by Crippen LogP contribution is 2.38. The largest absolute Gasteiger partial charge is 0.460 e. The summed E-state index contributed by atoms with van der Waals surface area (Å²) in [4.78, 5) is 167. The molecule has 1 saturated carbocycles. The van der Waals surface area contributed by atoms with Crippen molar-refractivity contribution < 1.29 is 66.8 Å². The summed E-state index contributed by atoms with van der Waals surface area (Å²) in [5, 5.41) is 16.9. The van der Waals surface area contributed by atoms with Crippen LogP contribution in [0.2, 0.25) is 0 Å². The van der Waals surface area contributed by atoms with E-state index in [1.165, 1.54) is 11.2 Å². The number of allylic oxidation sites excluding steroid dienone is 6. The zero-order valence-corrected chi connectivity index (χ0v) is 75.2. The van der Waals surface area contributed by atoms with E-state index in [9.17, 15) is 43.5 Å². The van der Waals surface area contributed by atoms with Crippen molar-refractivity contribution in [1.82, 2.24) is 74.2 Å². The summed E-state index contributed by atoms with van der Waals surface area (Å²) in [5.41, 5.74) is 22.6. The van der Waals surface area contributed by atoms with Crippen molar-refractivity contribution >= 4 is 98.9 Å². The Morgan fingerprint density at radius 1 is 0.631 bits per heavy atom. The number of fused-ring (bicyclic) bond motifs is 7. The van der Waals surface area contributed by atoms with Gasteiger partial charge in [-0.25, -0.2) is 54.1 Å². The number of nitrogen functional groups attached to an aromatic ring is 2. The maximum absolute atomic E-state index is 14.6. The average Bonchev–Trinajstić information content (AvgIpc) is 1.60. The number of nitrogens with zero attached hydrogens (tertiary/aromatic N) is 18. The van der Waals surface area contributed by atoms with Gasteiger partial charge in [-0.15, -0.1) is 0 Å². The van der Waals surface area contributed by atoms with Crippen molar-refractivity contribution in [2.24, 2.45) is 29.6 Å². The molecule has 34 nitrogen and oxygen atoms in total. The third kappa shape index (κ3) is 21.2. The van der Waals surface area contributed by atoms with Gasteiger partial charge in [-0.05, 0) is 161 Å². The number of cyclic esters (lactones) is 1. The first-order chi connectivity index (χ1) is 62.8. The fraction of sp³-hybridized carbons (Fsp3) is 0.521. The molecule has 686 valence electrons. The first kappa shape index (κ1) is 91.0. The van der Waals surface area contributed by atoms with Crippen LogP contribution in [0.15, 0.2) is 126 Å². The number of anilines is 5. The molecule has 1 aliphatic carbocycles. The lowest BCUT2D eigenvalue weighted by molar-refractivity contribution is -0.169. The smallest absolute Gasteiger partial charge is 0.410 e. The molecule has 130 heavy (non-hydrogen) atoms. The molecule has 7 aliphatic heterocycles. The zero-order valence-electron chi connectivity index (χ0n) is 75.2. The normalized spacial score (nSPS) is 26.6. The van der Waals surface area contributed by atoms with Gasteiger partial charge in [0.2, 0.25) is 23.6 Å². The SMILES string of the molecule is CO[C@H]1CC2CC[C@@H](C)C(O2)C(=O)C(=O)N2CCCC[C@H]2C(=O)O[C@H](CC[C@H]2CC[C@H](OC(=O)N3CCc4nc(N5CCN(c6ncc(C(=O)N7CCN(c8ncc(C(=O)N9CCc%10cc(Cn%11nc(-c%12ccc%13oc(N)nc%13c%12)c%12c(N)ncnc%12%11)ccc%10C9)cn8)CC7)cn6)CC5)ncc4C3)CC2)CC(=O)[C@H](C)/C=C(\C)[C@@H](O)CC(=O)[C@H](C)C[C@H](C)/C=C/C=C/C=C/1C. The predicted molar refractivity (Wildman–Crippen MR) is 485 cm³/mol. The number of aromatic nitrogens is 11. The quantitative estimate of drug-likeness (QED) is 0.0548. The molecule has 5 N–H and O–H groups in total. The van der Waals surface area contributed by atoms with E-state index in [0.717, 1.165) is 51.9 Å². The van der Waals surface area contributed by atoms with E-state index < -0.39 is 54.0 Å². The second kappa shape index (κ2) is 40.8. The number of piperidine rings is 1. The molecule has 2 aromatic carbocycles. The Labute approximate surface area is 755 Å². The highest BCUT2D eigenvalue weighted by molar-refractivity contribution is 6.38. The summed E-state index contributed by atoms with van der Waals surface area (Å²) in [6.45, 7) is 17.8. The van der Waals surface area contributed by atoms with Crippen LogP contribution in [0.25, 0.3) is 33.4 Å². The van der Waals surface area contributed by atoms with E-state index >= 15 is 0 Å². The molecule has 8 aromatic rings. The minimum atomic E-state index is -1.10. The fourth-order valence-corrected chi connectivity index (χ4v) is 19.3. The predicted octanol–water partition coefficient (Wildman–Crippen LogP) is 10.6. The summed E-state index contributed by atoms with van der Waals surface area (Å²) >= 11 is 0. The Balaban J connectivity index is 0.468. The average molecular weight is 1780 g/mol. The van der Waals surface area contributed by atoms with Crippen molar-refractivity contribution in [3.63, 3.8) is 0 Å². The van der Waals surface area contributed by atoms with Crippen LogP contribution in [0, 0.1) is 29.6 Å². The van der Waals surface area contributed by atoms with Crippen molar-refractivity contribution in [2.75, 3.05) is 105 Å². The lowest BCUT2D eigenvalue weighted by atomic mass is 9.83. The van der Waals surface area contributed by atoms with Crippen LogP contribution in [-0.4, -0.2) is 248 Å². The van der Waals surface area contributed by atoms with Crippen molar-refractivity contribution in [1.29, 1.82) is 0 Å². The summed E-state index contributed by atoms with van der Waals surface area (Å²) < 4.78 is 32.3. The Morgan fingerprint density at radius 2 is 1.32 bits per heavy atom. The lowest BCUT2D eigenvalue weighted by Crippen LogP contribution is -2.55. The minimum Gasteiger partial charge on any atom is -0.460 e. The topological polar surface area (TPSA) is 415 Å². The molecule has 10 atom stereocenters. The number of ketones is 3. The molecular weight excluding hydrogens is 1660 g/mol. The summed E-state index contributed by atoms with van der Waals surface area (Å²) in [7, 11) is 1.64. The Bertz CT molecular complexity index is 5610. The Hall–Kier alpha value is -12.3. The number of hydrogen-bond donors (Lipinski definition) is 3. The van der Waals surface area contributed by atoms with E-state index in [2.05, 4.69) is 56.8 Å². The number of amides is 4. The molecule has 6 aromatic heterocycles. The maximum atomic E-state index is 14.6. The van der Waals surface area contributed by atoms with Gasteiger partial charge in [0, 0.05) is 165 Å². The first-order valence-corrected chi connectivity index (χ1v) is 46.0. The number of aliphatic hydroxyl groups is 1. The Kier molecular flexibility index (Phi) is 28.6. The number of benzene rings is 2. The molecule has 5 fully saturated rings. The van der Waals surface area contributed by atoms with Gasteiger partial charge in [0.25, 0.3) is 23.7 Å². The van der Waals surface area contributed by atoms with E-state index in [-0.39, 0.29) is 97.2 Å². The highest BCUT2D eigenvalue weighted by Gasteiger charge is 2.45. The third-order valence-electron chi connectivity index (χ3n) is 27.3. The second-order valence-electron chi connectivity index (χ2n) is 36.5. The molecule has 2 bridgehead atoms. The zero-order chi connectivity index (χ0) is 91.0. The molecule has 34 heteroatoms. The molecule has 4 amide bonds. The van der Waals surface area contributed by atoms with Gasteiger partial charge in [0.1, 0.15) is 59.3 Å². The summed E-state index contributed by atoms with van der Waals surface area (Å²) in [6.07, 6.45) is 25.3. The number of carbonyl (C=O) groups excluding carboxylic acids is 8. The van der Waals surface area contributed by atoms with Gasteiger partial charge in [0.05, 0.1) is 53.6 Å². The van der Waals surface area contributed by atoms with Crippen molar-refractivity contribution in [3.8, 4) is 11.3 Å². The lowest BCUT2D eigenvalue weighted by Gasteiger charge is -2.38. The van der Waals surface area contributed by atoms with Crippen LogP contribution in [0.5, 0.6) is 0 Å². The number of carbonyl (C=O) groups is 8. The number of ether oxygens (including phenoxy) is 4. The van der Waals surface area contributed by atoms with Crippen molar-refractivity contribution in [3.05, 3.63) is 160 Å². The summed E-state index contributed by atoms with van der Waals surface area (Å²) in [6, 6.07) is 10.8. The fourth-order valence-electron chi connectivity index (χ4n) is 19.3. The molecule has 13 heterocycles. The third-order valence-corrected chi connectivity index (χ3v) is 27.3. The van der Waals surface area contributed by atoms with E-state index in [1.807, 2.05) is 90.8 Å². The van der Waals surface area contributed by atoms with Gasteiger partial charge in [-0.1, -0.05) is 82.4 Å². The van der Waals surface area contributed by atoms with Crippen LogP contribution in [-0.2, 0) is 75.4 Å². The van der Waals surface area contributed by atoms with E-state index in [4.69, 9.17) is 49.9 Å².